The predicted molar refractivity (Wildman–Crippen MR) is 63.3 cm³/mol. The van der Waals surface area contributed by atoms with Crippen LogP contribution >= 0.6 is 15.9 Å². The van der Waals surface area contributed by atoms with Crippen LogP contribution < -0.4 is 5.73 Å². The Labute approximate surface area is 95.7 Å². The van der Waals surface area contributed by atoms with Crippen LogP contribution in [0.1, 0.15) is 11.1 Å². The molecule has 1 aromatic heterocycles. The van der Waals surface area contributed by atoms with Gasteiger partial charge in [0.25, 0.3) is 0 Å². The molecule has 0 fully saturated rings. The zero-order valence-corrected chi connectivity index (χ0v) is 9.67. The van der Waals surface area contributed by atoms with Crippen LogP contribution in [0.4, 0.5) is 5.82 Å². The molecule has 0 spiro atoms. The third-order valence-corrected chi connectivity index (χ3v) is 2.84. The number of nitrogens with zero attached hydrogens (tertiary/aromatic N) is 2. The van der Waals surface area contributed by atoms with E-state index in [1.807, 2.05) is 25.1 Å². The van der Waals surface area contributed by atoms with Crippen LogP contribution in [0.25, 0.3) is 10.9 Å². The van der Waals surface area contributed by atoms with E-state index in [4.69, 9.17) is 11.0 Å². The number of halogens is 1. The molecule has 1 heterocycles. The molecule has 0 atom stereocenters. The second-order valence-electron chi connectivity index (χ2n) is 3.27. The largest absolute Gasteiger partial charge is 0.383 e. The molecule has 0 aliphatic rings. The van der Waals surface area contributed by atoms with Gasteiger partial charge in [0.15, 0.2) is 0 Å². The van der Waals surface area contributed by atoms with Crippen molar-refractivity contribution in [2.45, 2.75) is 6.92 Å². The zero-order chi connectivity index (χ0) is 11.0. The maximum absolute atomic E-state index is 8.93. The standard InChI is InChI=1S/C11H8BrN3/c1-6-8-3-2-7(12)4-10(8)15-11(14)9(6)5-13/h2-4H,1H3,(H2,14,15). The minimum atomic E-state index is 0.292. The van der Waals surface area contributed by atoms with E-state index in [9.17, 15) is 0 Å². The summed E-state index contributed by atoms with van der Waals surface area (Å²) < 4.78 is 0.950. The number of rotatable bonds is 0. The molecule has 4 heteroatoms. The number of benzene rings is 1. The first-order chi connectivity index (χ1) is 7.13. The smallest absolute Gasteiger partial charge is 0.142 e. The molecule has 1 aromatic carbocycles. The molecule has 74 valence electrons. The van der Waals surface area contributed by atoms with Crippen molar-refractivity contribution >= 4 is 32.7 Å². The quantitative estimate of drug-likeness (QED) is 0.793. The van der Waals surface area contributed by atoms with Gasteiger partial charge in [-0.05, 0) is 24.6 Å². The fraction of sp³-hybridized carbons (Fsp3) is 0.0909. The summed E-state index contributed by atoms with van der Waals surface area (Å²) >= 11 is 3.37. The van der Waals surface area contributed by atoms with E-state index in [1.54, 1.807) is 0 Å². The van der Waals surface area contributed by atoms with E-state index in [0.29, 0.717) is 11.4 Å². The van der Waals surface area contributed by atoms with E-state index in [1.165, 1.54) is 0 Å². The second-order valence-corrected chi connectivity index (χ2v) is 4.19. The molecule has 2 N–H and O–H groups in total. The number of fused-ring (bicyclic) bond motifs is 1. The minimum Gasteiger partial charge on any atom is -0.383 e. The normalized spacial score (nSPS) is 10.2. The lowest BCUT2D eigenvalue weighted by Gasteiger charge is -2.06. The van der Waals surface area contributed by atoms with Gasteiger partial charge in [-0.3, -0.25) is 0 Å². The molecule has 2 rings (SSSR count). The van der Waals surface area contributed by atoms with Gasteiger partial charge in [-0.1, -0.05) is 22.0 Å². The van der Waals surface area contributed by atoms with Crippen LogP contribution in [0.5, 0.6) is 0 Å². The molecule has 15 heavy (non-hydrogen) atoms. The second kappa shape index (κ2) is 3.52. The maximum Gasteiger partial charge on any atom is 0.142 e. The van der Waals surface area contributed by atoms with Gasteiger partial charge in [0.2, 0.25) is 0 Å². The van der Waals surface area contributed by atoms with Crippen molar-refractivity contribution < 1.29 is 0 Å². The summed E-state index contributed by atoms with van der Waals surface area (Å²) in [6.07, 6.45) is 0. The van der Waals surface area contributed by atoms with Gasteiger partial charge in [-0.2, -0.15) is 5.26 Å². The summed E-state index contributed by atoms with van der Waals surface area (Å²) in [5.74, 6) is 0.292. The van der Waals surface area contributed by atoms with Crippen LogP contribution in [0, 0.1) is 18.3 Å². The molecule has 0 aliphatic carbocycles. The topological polar surface area (TPSA) is 62.7 Å². The van der Waals surface area contributed by atoms with Crippen LogP contribution in [0.15, 0.2) is 22.7 Å². The lowest BCUT2D eigenvalue weighted by molar-refractivity contribution is 1.33. The zero-order valence-electron chi connectivity index (χ0n) is 8.08. The maximum atomic E-state index is 8.93. The van der Waals surface area contributed by atoms with E-state index in [2.05, 4.69) is 27.0 Å². The number of pyridine rings is 1. The summed E-state index contributed by atoms with van der Waals surface area (Å²) in [7, 11) is 0. The number of hydrogen-bond acceptors (Lipinski definition) is 3. The first-order valence-electron chi connectivity index (χ1n) is 4.39. The average molecular weight is 262 g/mol. The first kappa shape index (κ1) is 9.94. The van der Waals surface area contributed by atoms with Crippen molar-refractivity contribution in [3.05, 3.63) is 33.8 Å². The average Bonchev–Trinajstić information content (AvgIpc) is 2.17. The number of aryl methyl sites for hydroxylation is 1. The van der Waals surface area contributed by atoms with Gasteiger partial charge < -0.3 is 5.73 Å². The van der Waals surface area contributed by atoms with Gasteiger partial charge >= 0.3 is 0 Å². The Morgan fingerprint density at radius 3 is 2.87 bits per heavy atom. The van der Waals surface area contributed by atoms with Crippen LogP contribution in [-0.2, 0) is 0 Å². The summed E-state index contributed by atoms with van der Waals surface area (Å²) in [5.41, 5.74) is 7.85. The Balaban J connectivity index is 2.92. The lowest BCUT2D eigenvalue weighted by Crippen LogP contribution is -1.98. The third-order valence-electron chi connectivity index (χ3n) is 2.35. The van der Waals surface area contributed by atoms with Crippen LogP contribution in [0.3, 0.4) is 0 Å². The third kappa shape index (κ3) is 1.55. The Morgan fingerprint density at radius 2 is 2.20 bits per heavy atom. The molecule has 0 radical (unpaired) electrons. The molecule has 3 nitrogen and oxygen atoms in total. The summed E-state index contributed by atoms with van der Waals surface area (Å²) in [6, 6.07) is 7.82. The SMILES string of the molecule is Cc1c(C#N)c(N)nc2cc(Br)ccc12. The van der Waals surface area contributed by atoms with Crippen molar-refractivity contribution in [2.75, 3.05) is 5.73 Å². The van der Waals surface area contributed by atoms with E-state index >= 15 is 0 Å². The molecule has 0 unspecified atom stereocenters. The van der Waals surface area contributed by atoms with Crippen LogP contribution in [-0.4, -0.2) is 4.98 Å². The van der Waals surface area contributed by atoms with Crippen molar-refractivity contribution in [2.24, 2.45) is 0 Å². The van der Waals surface area contributed by atoms with Gasteiger partial charge in [0.05, 0.1) is 11.1 Å². The molecule has 2 aromatic rings. The van der Waals surface area contributed by atoms with Gasteiger partial charge in [-0.15, -0.1) is 0 Å². The highest BCUT2D eigenvalue weighted by molar-refractivity contribution is 9.10. The molecule has 0 bridgehead atoms. The summed E-state index contributed by atoms with van der Waals surface area (Å²) in [5, 5.41) is 9.90. The summed E-state index contributed by atoms with van der Waals surface area (Å²) in [4.78, 5) is 4.19. The van der Waals surface area contributed by atoms with Crippen molar-refractivity contribution in [1.82, 2.24) is 4.98 Å². The van der Waals surface area contributed by atoms with E-state index < -0.39 is 0 Å². The summed E-state index contributed by atoms with van der Waals surface area (Å²) in [6.45, 7) is 1.88. The highest BCUT2D eigenvalue weighted by atomic mass is 79.9. The Kier molecular flexibility index (Phi) is 2.33. The Hall–Kier alpha value is -1.60. The molecular weight excluding hydrogens is 254 g/mol. The number of aromatic nitrogens is 1. The molecule has 0 saturated heterocycles. The fourth-order valence-corrected chi connectivity index (χ4v) is 1.92. The number of anilines is 1. The van der Waals surface area contributed by atoms with Crippen LogP contribution in [0.2, 0.25) is 0 Å². The predicted octanol–water partition coefficient (Wildman–Crippen LogP) is 2.76. The Bertz CT molecular complexity index is 584. The fourth-order valence-electron chi connectivity index (χ4n) is 1.57. The highest BCUT2D eigenvalue weighted by Gasteiger charge is 2.09. The number of nitrogens with two attached hydrogens (primary N) is 1. The highest BCUT2D eigenvalue weighted by Crippen LogP contribution is 2.25. The number of nitrogen functional groups attached to an aromatic ring is 1. The number of nitriles is 1. The van der Waals surface area contributed by atoms with Gasteiger partial charge in [-0.25, -0.2) is 4.98 Å². The van der Waals surface area contributed by atoms with Crippen molar-refractivity contribution in [3.8, 4) is 6.07 Å². The minimum absolute atomic E-state index is 0.292. The molecule has 0 saturated carbocycles. The van der Waals surface area contributed by atoms with Crippen molar-refractivity contribution in [1.29, 1.82) is 5.26 Å². The molecular formula is C11H8BrN3. The first-order valence-corrected chi connectivity index (χ1v) is 5.18. The Morgan fingerprint density at radius 1 is 1.47 bits per heavy atom. The molecule has 0 aliphatic heterocycles. The molecule has 0 amide bonds. The lowest BCUT2D eigenvalue weighted by atomic mass is 10.1. The van der Waals surface area contributed by atoms with E-state index in [0.717, 1.165) is 20.9 Å². The van der Waals surface area contributed by atoms with Gasteiger partial charge in [0, 0.05) is 9.86 Å². The number of hydrogen-bond donors (Lipinski definition) is 1. The van der Waals surface area contributed by atoms with E-state index in [-0.39, 0.29) is 0 Å². The van der Waals surface area contributed by atoms with Gasteiger partial charge in [0.1, 0.15) is 11.9 Å². The monoisotopic (exact) mass is 261 g/mol. The van der Waals surface area contributed by atoms with Crippen molar-refractivity contribution in [3.63, 3.8) is 0 Å².